The number of para-hydroxylation sites is 3. The van der Waals surface area contributed by atoms with E-state index in [1.54, 1.807) is 0 Å². The van der Waals surface area contributed by atoms with Gasteiger partial charge in [-0.25, -0.2) is 0 Å². The normalized spacial score (nSPS) is 13.9. The van der Waals surface area contributed by atoms with Gasteiger partial charge in [0.1, 0.15) is 5.65 Å². The van der Waals surface area contributed by atoms with Crippen molar-refractivity contribution >= 4 is 78.6 Å². The lowest BCUT2D eigenvalue weighted by molar-refractivity contribution is 1.06. The zero-order valence-corrected chi connectivity index (χ0v) is 31.0. The van der Waals surface area contributed by atoms with Crippen molar-refractivity contribution in [2.45, 2.75) is 0 Å². The van der Waals surface area contributed by atoms with Crippen LogP contribution in [0, 0.1) is 0 Å². The fourth-order valence-electron chi connectivity index (χ4n) is 10.6. The fourth-order valence-corrected chi connectivity index (χ4v) is 10.6. The highest BCUT2D eigenvalue weighted by Crippen LogP contribution is 2.51. The lowest BCUT2D eigenvalue weighted by atomic mass is 9.34. The maximum atomic E-state index is 5.23. The molecule has 0 N–H and O–H groups in total. The summed E-state index contributed by atoms with van der Waals surface area (Å²) in [5.41, 5.74) is 21.8. The van der Waals surface area contributed by atoms with E-state index in [-0.39, 0.29) is 6.71 Å². The van der Waals surface area contributed by atoms with Crippen LogP contribution in [0.1, 0.15) is 16.8 Å². The molecule has 6 aromatic heterocycles. The van der Waals surface area contributed by atoms with Crippen molar-refractivity contribution in [3.63, 3.8) is 0 Å². The largest absolute Gasteiger partial charge is 0.309 e. The molecule has 14 rings (SSSR count). The summed E-state index contributed by atoms with van der Waals surface area (Å²) in [7, 11) is 0. The van der Waals surface area contributed by atoms with E-state index in [2.05, 4.69) is 165 Å². The quantitative estimate of drug-likeness (QED) is 0.170. The maximum absolute atomic E-state index is 5.23. The number of benzene rings is 5. The first-order valence-electron chi connectivity index (χ1n) is 19.8. The zero-order valence-electron chi connectivity index (χ0n) is 31.0. The van der Waals surface area contributed by atoms with Crippen LogP contribution in [0.4, 0.5) is 0 Å². The molecule has 8 heterocycles. The molecule has 1 aliphatic carbocycles. The van der Waals surface area contributed by atoms with Crippen molar-refractivity contribution in [2.75, 3.05) is 0 Å². The summed E-state index contributed by atoms with van der Waals surface area (Å²) in [6, 6.07) is 54.6. The van der Waals surface area contributed by atoms with Gasteiger partial charge in [-0.1, -0.05) is 97.1 Å². The predicted octanol–water partition coefficient (Wildman–Crippen LogP) is 9.24. The van der Waals surface area contributed by atoms with E-state index in [0.717, 1.165) is 61.7 Å². The van der Waals surface area contributed by atoms with Gasteiger partial charge >= 0.3 is 0 Å². The highest BCUT2D eigenvalue weighted by Gasteiger charge is 2.44. The van der Waals surface area contributed by atoms with Crippen molar-refractivity contribution in [2.24, 2.45) is 0 Å². The monoisotopic (exact) mass is 736 g/mol. The molecule has 5 aromatic carbocycles. The van der Waals surface area contributed by atoms with E-state index < -0.39 is 0 Å². The van der Waals surface area contributed by atoms with E-state index in [1.165, 1.54) is 60.6 Å². The molecule has 58 heavy (non-hydrogen) atoms. The Hall–Kier alpha value is -7.77. The highest BCUT2D eigenvalue weighted by molar-refractivity contribution is 7.00. The predicted molar refractivity (Wildman–Crippen MR) is 237 cm³/mol. The Kier molecular flexibility index (Phi) is 5.75. The molecule has 0 fully saturated rings. The molecule has 11 aromatic rings. The Morgan fingerprint density at radius 2 is 1.31 bits per heavy atom. The number of aromatic nitrogens is 6. The molecule has 0 spiro atoms. The molecule has 266 valence electrons. The Bertz CT molecular complexity index is 3610. The summed E-state index contributed by atoms with van der Waals surface area (Å²) in [4.78, 5) is 15.3. The summed E-state index contributed by atoms with van der Waals surface area (Å²) in [6.07, 6.45) is 8.19. The number of hydrogen-bond donors (Lipinski definition) is 0. The summed E-state index contributed by atoms with van der Waals surface area (Å²) in [6.45, 7) is -0.0211. The molecule has 2 aliphatic heterocycles. The second-order valence-electron chi connectivity index (χ2n) is 15.6. The van der Waals surface area contributed by atoms with E-state index >= 15 is 0 Å². The van der Waals surface area contributed by atoms with Gasteiger partial charge in [0.2, 0.25) is 0 Å². The number of nitrogens with zero attached hydrogens (tertiary/aromatic N) is 6. The minimum absolute atomic E-state index is 0.0211. The second kappa shape index (κ2) is 11.0. The van der Waals surface area contributed by atoms with Gasteiger partial charge in [0.05, 0.1) is 39.0 Å². The standard InChI is InChI=1S/C51H29BN6/c1-3-13-30(14-4-1)27-36-33-19-12-25-54-46(33)43-35-18-11-20-37-48(35)57(49(36)43)41-28-31(39-21-9-10-24-53-39)29-42-45(41)52(37)38-23-26-55-47-44-34-17-7-8-22-40(34)56(32-15-5-2-6-16-32)51(44)58(42)50(38)47/h1-29H/b36-27-. The molecule has 0 atom stereocenters. The van der Waals surface area contributed by atoms with Gasteiger partial charge in [0, 0.05) is 74.2 Å². The van der Waals surface area contributed by atoms with Crippen LogP contribution in [-0.2, 0) is 0 Å². The van der Waals surface area contributed by atoms with Crippen molar-refractivity contribution in [3.8, 4) is 39.6 Å². The van der Waals surface area contributed by atoms with Crippen LogP contribution in [0.5, 0.6) is 0 Å². The van der Waals surface area contributed by atoms with Gasteiger partial charge in [0.15, 0.2) is 0 Å². The Balaban J connectivity index is 1.20. The first-order chi connectivity index (χ1) is 28.8. The molecule has 0 unspecified atom stereocenters. The molecule has 0 amide bonds. The summed E-state index contributed by atoms with van der Waals surface area (Å²) in [5.74, 6) is 0. The lowest BCUT2D eigenvalue weighted by Crippen LogP contribution is -2.59. The van der Waals surface area contributed by atoms with Crippen molar-refractivity contribution in [1.29, 1.82) is 0 Å². The van der Waals surface area contributed by atoms with Crippen LogP contribution in [0.2, 0.25) is 0 Å². The summed E-state index contributed by atoms with van der Waals surface area (Å²) in [5, 5.41) is 3.58. The van der Waals surface area contributed by atoms with Crippen LogP contribution in [0.25, 0.3) is 95.1 Å². The summed E-state index contributed by atoms with van der Waals surface area (Å²) < 4.78 is 7.52. The van der Waals surface area contributed by atoms with E-state index in [1.807, 2.05) is 24.7 Å². The molecule has 0 saturated heterocycles. The van der Waals surface area contributed by atoms with Crippen LogP contribution in [-0.4, -0.2) is 35.4 Å². The third-order valence-electron chi connectivity index (χ3n) is 12.7. The van der Waals surface area contributed by atoms with Crippen LogP contribution >= 0.6 is 0 Å². The minimum Gasteiger partial charge on any atom is -0.309 e. The molecule has 0 saturated carbocycles. The van der Waals surface area contributed by atoms with Crippen LogP contribution in [0.15, 0.2) is 170 Å². The minimum atomic E-state index is -0.0211. The third-order valence-corrected chi connectivity index (χ3v) is 12.7. The molecule has 3 aliphatic rings. The SMILES string of the molecule is C(=C1\c2cccnc2-c2c1n1c3c(cccc23)B2c3c-1cc(-c1ccccn1)cc3-n1c3c2ccnc3c2c3ccccc3n(-c3ccccc3)c21)/c1ccccc1. The molecular formula is C51H29BN6. The molecule has 6 nitrogen and oxygen atoms in total. The average molecular weight is 737 g/mol. The van der Waals surface area contributed by atoms with E-state index in [0.29, 0.717) is 0 Å². The number of fused-ring (bicyclic) bond motifs is 14. The summed E-state index contributed by atoms with van der Waals surface area (Å²) >= 11 is 0. The van der Waals surface area contributed by atoms with Gasteiger partial charge in [-0.15, -0.1) is 0 Å². The Morgan fingerprint density at radius 1 is 0.552 bits per heavy atom. The second-order valence-corrected chi connectivity index (χ2v) is 15.6. The Morgan fingerprint density at radius 3 is 2.17 bits per heavy atom. The van der Waals surface area contributed by atoms with Crippen molar-refractivity contribution in [3.05, 3.63) is 187 Å². The van der Waals surface area contributed by atoms with E-state index in [9.17, 15) is 0 Å². The fraction of sp³-hybridized carbons (Fsp3) is 0. The van der Waals surface area contributed by atoms with Crippen LogP contribution in [0.3, 0.4) is 0 Å². The Labute approximate surface area is 332 Å². The molecule has 0 bridgehead atoms. The van der Waals surface area contributed by atoms with Gasteiger partial charge < -0.3 is 4.57 Å². The first-order valence-corrected chi connectivity index (χ1v) is 19.8. The lowest BCUT2D eigenvalue weighted by Gasteiger charge is -2.34. The molecule has 7 heteroatoms. The van der Waals surface area contributed by atoms with E-state index in [4.69, 9.17) is 15.0 Å². The average Bonchev–Trinajstić information content (AvgIpc) is 4.01. The molecular weight excluding hydrogens is 707 g/mol. The molecule has 0 radical (unpaired) electrons. The van der Waals surface area contributed by atoms with Gasteiger partial charge in [0.25, 0.3) is 6.71 Å². The number of hydrogen-bond acceptors (Lipinski definition) is 3. The van der Waals surface area contributed by atoms with Gasteiger partial charge in [-0.3, -0.25) is 24.1 Å². The zero-order chi connectivity index (χ0) is 37.6. The number of pyridine rings is 3. The van der Waals surface area contributed by atoms with Crippen molar-refractivity contribution < 1.29 is 0 Å². The van der Waals surface area contributed by atoms with Crippen molar-refractivity contribution in [1.82, 2.24) is 28.7 Å². The smallest absolute Gasteiger partial charge is 0.252 e. The first kappa shape index (κ1) is 30.5. The maximum Gasteiger partial charge on any atom is 0.252 e. The van der Waals surface area contributed by atoms with Gasteiger partial charge in [-0.05, 0) is 82.6 Å². The third kappa shape index (κ3) is 3.71. The van der Waals surface area contributed by atoms with Gasteiger partial charge in [-0.2, -0.15) is 0 Å². The topological polar surface area (TPSA) is 53.5 Å². The highest BCUT2D eigenvalue weighted by atomic mass is 15.2. The van der Waals surface area contributed by atoms with Crippen LogP contribution < -0.4 is 16.4 Å². The number of rotatable bonds is 3.